The molecule has 17 aromatic carbocycles. The van der Waals surface area contributed by atoms with E-state index < -0.39 is 0 Å². The van der Waals surface area contributed by atoms with Gasteiger partial charge in [0.25, 0.3) is 0 Å². The second-order valence-electron chi connectivity index (χ2n) is 33.0. The van der Waals surface area contributed by atoms with E-state index in [9.17, 15) is 0 Å². The second-order valence-corrected chi connectivity index (χ2v) is 33.0. The highest BCUT2D eigenvalue weighted by Gasteiger charge is 2.25. The number of hydrogen-bond donors (Lipinski definition) is 0. The van der Waals surface area contributed by atoms with Crippen LogP contribution in [0, 0.1) is 0 Å². The van der Waals surface area contributed by atoms with Gasteiger partial charge in [-0.3, -0.25) is 55.8 Å². The minimum absolute atomic E-state index is 0. The molecular formula is C118H88N20. The van der Waals surface area contributed by atoms with Gasteiger partial charge in [-0.05, 0) is 207 Å². The first-order chi connectivity index (χ1) is 66.4. The predicted octanol–water partition coefficient (Wildman–Crippen LogP) is 28.4. The molecule has 0 aliphatic rings. The average Bonchev–Trinajstić information content (AvgIpc) is 1.57. The number of rotatable bonds is 9. The monoisotopic (exact) mass is 1780 g/mol. The summed E-state index contributed by atoms with van der Waals surface area (Å²) in [6, 6.07) is 142. The summed E-state index contributed by atoms with van der Waals surface area (Å²) in [6.07, 6.45) is 7.30. The minimum atomic E-state index is 0. The Kier molecular flexibility index (Phi) is 21.5. The fourth-order valence-electron chi connectivity index (χ4n) is 18.8. The summed E-state index contributed by atoms with van der Waals surface area (Å²) in [5.41, 5.74) is 35.4. The van der Waals surface area contributed by atoms with E-state index in [2.05, 4.69) is 298 Å². The summed E-state index contributed by atoms with van der Waals surface area (Å²) in [7, 11) is 0. The normalized spacial score (nSPS) is 11.4. The summed E-state index contributed by atoms with van der Waals surface area (Å²) in [5, 5.41) is 0. The summed E-state index contributed by atoms with van der Waals surface area (Å²) >= 11 is 0. The zero-order valence-electron chi connectivity index (χ0n) is 71.5. The third kappa shape index (κ3) is 14.4. The van der Waals surface area contributed by atoms with E-state index in [-0.39, 0.29) is 29.7 Å². The van der Waals surface area contributed by atoms with E-state index in [1.54, 1.807) is 0 Å². The number of aromatic nitrogens is 20. The van der Waals surface area contributed by atoms with E-state index in [4.69, 9.17) is 39.9 Å². The van der Waals surface area contributed by atoms with Gasteiger partial charge in [0.05, 0.1) is 157 Å². The fourth-order valence-corrected chi connectivity index (χ4v) is 18.8. The maximum absolute atomic E-state index is 5.02. The Morgan fingerprint density at radius 1 is 0.130 bits per heavy atom. The summed E-state index contributed by atoms with van der Waals surface area (Å²) < 4.78 is 17.2. The Balaban J connectivity index is 0.000000106. The van der Waals surface area contributed by atoms with Gasteiger partial charge in [0.1, 0.15) is 0 Å². The van der Waals surface area contributed by atoms with Crippen LogP contribution in [-0.4, -0.2) is 95.7 Å². The van der Waals surface area contributed by atoms with Crippen LogP contribution >= 0.6 is 0 Å². The smallest absolute Gasteiger partial charge is 0.221 e. The topological polar surface area (TPSA) is 192 Å². The van der Waals surface area contributed by atoms with Gasteiger partial charge in [-0.25, -0.2) is 39.9 Å². The van der Waals surface area contributed by atoms with Gasteiger partial charge >= 0.3 is 0 Å². The van der Waals surface area contributed by atoms with Crippen molar-refractivity contribution in [2.45, 2.75) is 29.7 Å². The molecule has 0 unspecified atom stereocenters. The third-order valence-electron chi connectivity index (χ3n) is 25.1. The predicted molar refractivity (Wildman–Crippen MR) is 565 cm³/mol. The van der Waals surface area contributed by atoms with Gasteiger partial charge in [0, 0.05) is 0 Å². The summed E-state index contributed by atoms with van der Waals surface area (Å²) in [4.78, 5) is 58.1. The van der Waals surface area contributed by atoms with E-state index in [1.165, 1.54) is 44.5 Å². The van der Waals surface area contributed by atoms with Gasteiger partial charge in [-0.1, -0.05) is 291 Å². The summed E-state index contributed by atoms with van der Waals surface area (Å²) in [5.74, 6) is 6.34. The minimum Gasteiger partial charge on any atom is -0.276 e. The van der Waals surface area contributed by atoms with Crippen LogP contribution in [0.5, 0.6) is 0 Å². The number of para-hydroxylation sites is 18. The third-order valence-corrected chi connectivity index (χ3v) is 25.1. The van der Waals surface area contributed by atoms with Crippen LogP contribution in [-0.2, 0) is 0 Å². The Labute approximate surface area is 792 Å². The van der Waals surface area contributed by atoms with Crippen molar-refractivity contribution in [3.8, 4) is 78.9 Å². The van der Waals surface area contributed by atoms with Crippen LogP contribution in [0.2, 0.25) is 0 Å². The largest absolute Gasteiger partial charge is 0.276 e. The van der Waals surface area contributed by atoms with Crippen LogP contribution in [0.3, 0.4) is 0 Å². The molecule has 0 saturated carbocycles. The van der Waals surface area contributed by atoms with Crippen LogP contribution < -0.4 is 0 Å². The quantitative estimate of drug-likeness (QED) is 0.133. The number of imidazole rings is 8. The van der Waals surface area contributed by atoms with Crippen LogP contribution in [0.25, 0.3) is 234 Å². The lowest BCUT2D eigenvalue weighted by Gasteiger charge is -2.08. The molecule has 0 N–H and O–H groups in total. The molecule has 0 aliphatic heterocycles. The Morgan fingerprint density at radius 2 is 0.326 bits per heavy atom. The molecule has 0 amide bonds. The van der Waals surface area contributed by atoms with Crippen molar-refractivity contribution in [2.75, 3.05) is 0 Å². The van der Waals surface area contributed by atoms with Crippen LogP contribution in [0.1, 0.15) is 29.7 Å². The lowest BCUT2D eigenvalue weighted by Crippen LogP contribution is -2.00. The second kappa shape index (κ2) is 35.0. The van der Waals surface area contributed by atoms with Crippen molar-refractivity contribution in [1.82, 2.24) is 95.7 Å². The zero-order chi connectivity index (χ0) is 88.3. The van der Waals surface area contributed by atoms with Crippen LogP contribution in [0.15, 0.2) is 437 Å². The zero-order valence-corrected chi connectivity index (χ0v) is 71.5. The molecular weight excluding hydrogens is 1700 g/mol. The van der Waals surface area contributed by atoms with Crippen LogP contribution in [0.4, 0.5) is 0 Å². The molecule has 0 spiro atoms. The average molecular weight is 1790 g/mol. The van der Waals surface area contributed by atoms with Gasteiger partial charge < -0.3 is 0 Å². The van der Waals surface area contributed by atoms with Crippen molar-refractivity contribution in [2.24, 2.45) is 0 Å². The molecule has 20 heteroatoms. The molecule has 0 atom stereocenters. The highest BCUT2D eigenvalue weighted by molar-refractivity contribution is 6.00. The van der Waals surface area contributed by atoms with E-state index in [0.29, 0.717) is 0 Å². The first-order valence-electron chi connectivity index (χ1n) is 44.3. The maximum Gasteiger partial charge on any atom is 0.221 e. The Morgan fingerprint density at radius 3 is 0.638 bits per heavy atom. The van der Waals surface area contributed by atoms with Crippen molar-refractivity contribution in [3.05, 3.63) is 437 Å². The van der Waals surface area contributed by atoms with Gasteiger partial charge in [-0.15, -0.1) is 0 Å². The molecule has 20 nitrogen and oxygen atoms in total. The van der Waals surface area contributed by atoms with Gasteiger partial charge in [0.15, 0.2) is 23.3 Å². The number of nitrogens with zero attached hydrogens (tertiary/aromatic N) is 20. The summed E-state index contributed by atoms with van der Waals surface area (Å²) in [6.45, 7) is 0. The molecule has 0 bridgehead atoms. The highest BCUT2D eigenvalue weighted by atomic mass is 15.3. The Hall–Kier alpha value is -18.8. The molecule has 0 aliphatic carbocycles. The lowest BCUT2D eigenvalue weighted by atomic mass is 9.99. The molecule has 0 saturated heterocycles. The van der Waals surface area contributed by atoms with Crippen molar-refractivity contribution >= 4 is 156 Å². The first kappa shape index (κ1) is 84.7. The number of hydrogen-bond acceptors (Lipinski definition) is 12. The first-order valence-corrected chi connectivity index (χ1v) is 44.3. The molecule has 660 valence electrons. The van der Waals surface area contributed by atoms with E-state index in [1.807, 2.05) is 195 Å². The molecule has 12 heterocycles. The fraction of sp³-hybridized carbons (Fsp3) is 0.0339. The van der Waals surface area contributed by atoms with Crippen molar-refractivity contribution in [1.29, 1.82) is 0 Å². The van der Waals surface area contributed by atoms with Gasteiger partial charge in [0.2, 0.25) is 23.1 Å². The Bertz CT molecular complexity index is 9680. The molecule has 29 rings (SSSR count). The van der Waals surface area contributed by atoms with Gasteiger partial charge in [-0.2, -0.15) is 0 Å². The SMILES string of the molecule is C.C.C.C.c1ccc(-c2ccc(-c3ccc4c(c3)n3c5ccccc5nc3n4-c3cnc4ccccc4n3)cc2)cc1.c1ccc(-c2ccc3c(c2)n2c4ccccc4nc2n3-c2cnc3ccccc3n2)cc1.c1ccc(-c2cccc(-c3ccc4c(c3)n3c5ccccc5nc3n4-c3cnc4ccccc4n3)c2)cc1.c1ccc2nc(-n3c4ccccc4n4c5ccccc5nc34)cnc2c1. The van der Waals surface area contributed by atoms with E-state index >= 15 is 0 Å². The van der Waals surface area contributed by atoms with Crippen molar-refractivity contribution < 1.29 is 0 Å². The standard InChI is InChI=1S/2C33H21N5.C27H17N5.C21H13N5.4CH4/c1-2-9-22(10-3-1)23-11-8-12-24(19-23)25-17-18-30-31(20-25)37-29-16-7-6-15-28(29)36-33(37)38(30)32-21-34-26-13-4-5-14-27(26)35-32;1-2-8-22(9-3-1)23-14-16-24(17-15-23)25-18-19-30-31(20-25)37-29-13-7-6-12-28(29)36-33(37)38(30)32-21-34-26-10-4-5-11-27(26)35-32;1-2-8-18(9-3-1)19-14-15-24-25(16-19)31-23-13-7-6-12-22(23)30-27(31)32(24)26-17-28-20-10-4-5-11-21(20)29-26;1-2-8-15-14(7-1)22-13-20(23-15)26-19-12-6-5-11-18(19)25-17-10-4-3-9-16(17)24-21(25)26;;;;/h2*1-21H;1-17H;1-13H;4*1H4. The maximum atomic E-state index is 5.02. The number of benzene rings is 17. The van der Waals surface area contributed by atoms with E-state index in [0.717, 1.165) is 190 Å². The molecule has 29 aromatic rings. The molecule has 0 radical (unpaired) electrons. The highest BCUT2D eigenvalue weighted by Crippen LogP contribution is 2.40. The number of fused-ring (bicyclic) bond motifs is 24. The lowest BCUT2D eigenvalue weighted by molar-refractivity contribution is 1.04. The van der Waals surface area contributed by atoms with Crippen molar-refractivity contribution in [3.63, 3.8) is 0 Å². The molecule has 138 heavy (non-hydrogen) atoms. The molecule has 12 aromatic heterocycles. The molecule has 0 fully saturated rings.